The maximum Gasteiger partial charge on any atom is 0.223 e. The number of carbonyl (C=O) groups excluding carboxylic acids is 1. The van der Waals surface area contributed by atoms with E-state index in [9.17, 15) is 4.79 Å². The van der Waals surface area contributed by atoms with Gasteiger partial charge in [-0.3, -0.25) is 4.79 Å². The lowest BCUT2D eigenvalue weighted by Crippen LogP contribution is -2.31. The van der Waals surface area contributed by atoms with Crippen LogP contribution in [0.1, 0.15) is 18.4 Å². The average molecular weight is 381 g/mol. The van der Waals surface area contributed by atoms with Crippen LogP contribution in [-0.2, 0) is 11.2 Å². The normalized spacial score (nSPS) is 16.6. The molecule has 0 saturated carbocycles. The molecule has 5 heteroatoms. The van der Waals surface area contributed by atoms with Gasteiger partial charge < -0.3 is 9.64 Å². The number of nitrogens with zero attached hydrogens (tertiary/aromatic N) is 2. The SMILES string of the molecule is O=C(CCc1cccc(Cl)c1)N1CCC(Oc2ccc3ccccc3n2)C1. The van der Waals surface area contributed by atoms with Crippen molar-refractivity contribution in [2.45, 2.75) is 25.4 Å². The highest BCUT2D eigenvalue weighted by atomic mass is 35.5. The molecule has 1 atom stereocenters. The van der Waals surface area contributed by atoms with Gasteiger partial charge in [-0.2, -0.15) is 0 Å². The fraction of sp³-hybridized carbons (Fsp3) is 0.273. The molecule has 1 aliphatic rings. The first-order valence-corrected chi connectivity index (χ1v) is 9.60. The zero-order valence-electron chi connectivity index (χ0n) is 15.0. The van der Waals surface area contributed by atoms with Crippen molar-refractivity contribution in [1.29, 1.82) is 0 Å². The number of hydrogen-bond acceptors (Lipinski definition) is 3. The average Bonchev–Trinajstić information content (AvgIpc) is 3.15. The first-order chi connectivity index (χ1) is 13.2. The van der Waals surface area contributed by atoms with Gasteiger partial charge >= 0.3 is 0 Å². The summed E-state index contributed by atoms with van der Waals surface area (Å²) in [6.45, 7) is 1.34. The zero-order chi connectivity index (χ0) is 18.6. The second-order valence-corrected chi connectivity index (χ2v) is 7.28. The Morgan fingerprint density at radius 2 is 2.04 bits per heavy atom. The van der Waals surface area contributed by atoms with Crippen LogP contribution in [0, 0.1) is 0 Å². The minimum Gasteiger partial charge on any atom is -0.472 e. The molecule has 0 radical (unpaired) electrons. The van der Waals surface area contributed by atoms with Gasteiger partial charge in [0.25, 0.3) is 0 Å². The highest BCUT2D eigenvalue weighted by Gasteiger charge is 2.27. The van der Waals surface area contributed by atoms with E-state index in [0.717, 1.165) is 29.4 Å². The second-order valence-electron chi connectivity index (χ2n) is 6.84. The zero-order valence-corrected chi connectivity index (χ0v) is 15.7. The third-order valence-electron chi connectivity index (χ3n) is 4.87. The molecular formula is C22H21ClN2O2. The molecule has 4 nitrogen and oxygen atoms in total. The van der Waals surface area contributed by atoms with E-state index in [1.165, 1.54) is 0 Å². The molecule has 4 rings (SSSR count). The first-order valence-electron chi connectivity index (χ1n) is 9.22. The lowest BCUT2D eigenvalue weighted by Gasteiger charge is -2.17. The van der Waals surface area contributed by atoms with Crippen LogP contribution in [0.4, 0.5) is 0 Å². The molecule has 1 saturated heterocycles. The Hall–Kier alpha value is -2.59. The summed E-state index contributed by atoms with van der Waals surface area (Å²) < 4.78 is 6.02. The lowest BCUT2D eigenvalue weighted by molar-refractivity contribution is -0.130. The molecule has 2 aromatic carbocycles. The predicted molar refractivity (Wildman–Crippen MR) is 107 cm³/mol. The van der Waals surface area contributed by atoms with Crippen molar-refractivity contribution in [3.05, 3.63) is 71.2 Å². The smallest absolute Gasteiger partial charge is 0.223 e. The number of amides is 1. The molecule has 1 fully saturated rings. The topological polar surface area (TPSA) is 42.4 Å². The van der Waals surface area contributed by atoms with Gasteiger partial charge in [0, 0.05) is 35.9 Å². The Morgan fingerprint density at radius 3 is 2.93 bits per heavy atom. The van der Waals surface area contributed by atoms with Gasteiger partial charge in [0.1, 0.15) is 6.10 Å². The summed E-state index contributed by atoms with van der Waals surface area (Å²) in [4.78, 5) is 18.9. The Balaban J connectivity index is 1.31. The van der Waals surface area contributed by atoms with E-state index in [1.54, 1.807) is 0 Å². The summed E-state index contributed by atoms with van der Waals surface area (Å²) in [5, 5.41) is 1.80. The van der Waals surface area contributed by atoms with E-state index in [-0.39, 0.29) is 12.0 Å². The lowest BCUT2D eigenvalue weighted by atomic mass is 10.1. The van der Waals surface area contributed by atoms with Crippen molar-refractivity contribution in [1.82, 2.24) is 9.88 Å². The summed E-state index contributed by atoms with van der Waals surface area (Å²) in [5.41, 5.74) is 2.01. The third kappa shape index (κ3) is 4.40. The standard InChI is InChI=1S/C22H21ClN2O2/c23-18-6-3-4-16(14-18)8-11-22(26)25-13-12-19(15-25)27-21-10-9-17-5-1-2-7-20(17)24-21/h1-7,9-10,14,19H,8,11-13,15H2. The number of rotatable bonds is 5. The van der Waals surface area contributed by atoms with Gasteiger partial charge in [0.15, 0.2) is 0 Å². The molecule has 3 aromatic rings. The Bertz CT molecular complexity index is 960. The van der Waals surface area contributed by atoms with Crippen molar-refractivity contribution < 1.29 is 9.53 Å². The number of ether oxygens (including phenoxy) is 1. The molecule has 27 heavy (non-hydrogen) atoms. The van der Waals surface area contributed by atoms with Crippen LogP contribution in [0.2, 0.25) is 5.02 Å². The van der Waals surface area contributed by atoms with Gasteiger partial charge in [-0.15, -0.1) is 0 Å². The quantitative estimate of drug-likeness (QED) is 0.654. The molecule has 1 aliphatic heterocycles. The molecule has 1 amide bonds. The molecule has 138 valence electrons. The molecule has 1 unspecified atom stereocenters. The first kappa shape index (κ1) is 17.8. The van der Waals surface area contributed by atoms with Crippen LogP contribution >= 0.6 is 11.6 Å². The molecular weight excluding hydrogens is 360 g/mol. The van der Waals surface area contributed by atoms with E-state index in [4.69, 9.17) is 16.3 Å². The van der Waals surface area contributed by atoms with Crippen LogP contribution in [0.25, 0.3) is 10.9 Å². The minimum absolute atomic E-state index is 0.00576. The number of hydrogen-bond donors (Lipinski definition) is 0. The van der Waals surface area contributed by atoms with Crippen LogP contribution in [-0.4, -0.2) is 35.0 Å². The van der Waals surface area contributed by atoms with Gasteiger partial charge in [0.05, 0.1) is 12.1 Å². The van der Waals surface area contributed by atoms with E-state index in [1.807, 2.05) is 65.6 Å². The highest BCUT2D eigenvalue weighted by Crippen LogP contribution is 2.21. The van der Waals surface area contributed by atoms with Crippen molar-refractivity contribution in [2.24, 2.45) is 0 Å². The fourth-order valence-corrected chi connectivity index (χ4v) is 3.65. The molecule has 0 aliphatic carbocycles. The number of benzene rings is 2. The Labute approximate surface area is 163 Å². The monoisotopic (exact) mass is 380 g/mol. The molecule has 0 N–H and O–H groups in total. The van der Waals surface area contributed by atoms with Crippen molar-refractivity contribution in [3.8, 4) is 5.88 Å². The van der Waals surface area contributed by atoms with Gasteiger partial charge in [0.2, 0.25) is 11.8 Å². The van der Waals surface area contributed by atoms with Gasteiger partial charge in [-0.1, -0.05) is 41.9 Å². The molecule has 1 aromatic heterocycles. The van der Waals surface area contributed by atoms with Gasteiger partial charge in [-0.05, 0) is 36.2 Å². The third-order valence-corrected chi connectivity index (χ3v) is 5.11. The summed E-state index contributed by atoms with van der Waals surface area (Å²) in [6.07, 6.45) is 2.01. The van der Waals surface area contributed by atoms with Crippen LogP contribution < -0.4 is 4.74 Å². The number of aromatic nitrogens is 1. The molecule has 0 bridgehead atoms. The Morgan fingerprint density at radius 1 is 1.15 bits per heavy atom. The summed E-state index contributed by atoms with van der Waals surface area (Å²) >= 11 is 6.00. The minimum atomic E-state index is -0.00576. The summed E-state index contributed by atoms with van der Waals surface area (Å²) in [7, 11) is 0. The number of halogens is 1. The largest absolute Gasteiger partial charge is 0.472 e. The number of pyridine rings is 1. The number of likely N-dealkylation sites (tertiary alicyclic amines) is 1. The van der Waals surface area contributed by atoms with Crippen molar-refractivity contribution in [3.63, 3.8) is 0 Å². The number of carbonyl (C=O) groups is 1. The van der Waals surface area contributed by atoms with Crippen LogP contribution in [0.5, 0.6) is 5.88 Å². The van der Waals surface area contributed by atoms with Crippen molar-refractivity contribution in [2.75, 3.05) is 13.1 Å². The fourth-order valence-electron chi connectivity index (χ4n) is 3.44. The molecule has 2 heterocycles. The second kappa shape index (κ2) is 7.97. The highest BCUT2D eigenvalue weighted by molar-refractivity contribution is 6.30. The molecule has 0 spiro atoms. The summed E-state index contributed by atoms with van der Waals surface area (Å²) in [5.74, 6) is 0.777. The predicted octanol–water partition coefficient (Wildman–Crippen LogP) is 4.50. The van der Waals surface area contributed by atoms with E-state index >= 15 is 0 Å². The maximum absolute atomic E-state index is 12.5. The van der Waals surface area contributed by atoms with E-state index in [2.05, 4.69) is 4.98 Å². The summed E-state index contributed by atoms with van der Waals surface area (Å²) in [6, 6.07) is 19.5. The number of para-hydroxylation sites is 1. The maximum atomic E-state index is 12.5. The number of aryl methyl sites for hydroxylation is 1. The van der Waals surface area contributed by atoms with Crippen LogP contribution in [0.3, 0.4) is 0 Å². The van der Waals surface area contributed by atoms with Crippen LogP contribution in [0.15, 0.2) is 60.7 Å². The Kier molecular flexibility index (Phi) is 5.26. The van der Waals surface area contributed by atoms with Gasteiger partial charge in [-0.25, -0.2) is 4.98 Å². The van der Waals surface area contributed by atoms with Crippen molar-refractivity contribution >= 4 is 28.4 Å². The van der Waals surface area contributed by atoms with E-state index in [0.29, 0.717) is 30.3 Å². The van der Waals surface area contributed by atoms with E-state index < -0.39 is 0 Å². The number of fused-ring (bicyclic) bond motifs is 1.